The Kier molecular flexibility index (Phi) is 4.57. The van der Waals surface area contributed by atoms with Crippen molar-refractivity contribution in [3.63, 3.8) is 0 Å². The summed E-state index contributed by atoms with van der Waals surface area (Å²) in [6.45, 7) is 1.93. The molecule has 0 aromatic carbocycles. The summed E-state index contributed by atoms with van der Waals surface area (Å²) in [7, 11) is -1.19. The van der Waals surface area contributed by atoms with E-state index in [0.29, 0.717) is 11.4 Å². The molecule has 0 spiro atoms. The van der Waals surface area contributed by atoms with Gasteiger partial charge in [0.05, 0.1) is 0 Å². The van der Waals surface area contributed by atoms with Crippen molar-refractivity contribution in [3.05, 3.63) is 16.6 Å². The molecule has 7 heteroatoms. The van der Waals surface area contributed by atoms with Gasteiger partial charge in [-0.2, -0.15) is 0 Å². The minimum absolute atomic E-state index is 0.175. The number of aromatic nitrogens is 2. The Bertz CT molecular complexity index is 327. The second-order valence-corrected chi connectivity index (χ2v) is 4.50. The second-order valence-electron chi connectivity index (χ2n) is 2.48. The summed E-state index contributed by atoms with van der Waals surface area (Å²) in [6, 6.07) is 0. The van der Waals surface area contributed by atoms with Crippen LogP contribution in [0.15, 0.2) is 6.33 Å². The van der Waals surface area contributed by atoms with Crippen LogP contribution in [0.2, 0.25) is 10.3 Å². The Balaban J connectivity index is 2.80. The van der Waals surface area contributed by atoms with Gasteiger partial charge in [0.2, 0.25) is 0 Å². The maximum Gasteiger partial charge on any atom is 0.158 e. The number of halogens is 2. The van der Waals surface area contributed by atoms with E-state index in [1.54, 1.807) is 0 Å². The van der Waals surface area contributed by atoms with Crippen molar-refractivity contribution in [1.29, 1.82) is 0 Å². The zero-order valence-electron chi connectivity index (χ0n) is 7.46. The quantitative estimate of drug-likeness (QED) is 0.838. The number of hydrogen-bond donors (Lipinski definition) is 1. The number of rotatable bonds is 4. The molecule has 0 fully saturated rings. The lowest BCUT2D eigenvalue weighted by molar-refractivity contribution is 0.685. The molecular weight excluding hydrogens is 245 g/mol. The van der Waals surface area contributed by atoms with Crippen molar-refractivity contribution in [3.8, 4) is 0 Å². The maximum absolute atomic E-state index is 11.3. The van der Waals surface area contributed by atoms with Gasteiger partial charge in [-0.15, -0.1) is 0 Å². The van der Waals surface area contributed by atoms with Gasteiger partial charge in [0.25, 0.3) is 0 Å². The SMILES string of the molecule is CCCS(=O)Nc1c(Cl)ncnc1Cl. The van der Waals surface area contributed by atoms with Crippen molar-refractivity contribution in [2.45, 2.75) is 13.3 Å². The van der Waals surface area contributed by atoms with Crippen LogP contribution in [0.1, 0.15) is 13.3 Å². The molecule has 0 saturated heterocycles. The lowest BCUT2D eigenvalue weighted by atomic mass is 10.6. The first-order valence-corrected chi connectivity index (χ1v) is 6.03. The lowest BCUT2D eigenvalue weighted by Gasteiger charge is -2.06. The van der Waals surface area contributed by atoms with Gasteiger partial charge < -0.3 is 0 Å². The van der Waals surface area contributed by atoms with Crippen LogP contribution in [0.3, 0.4) is 0 Å². The second kappa shape index (κ2) is 5.48. The zero-order chi connectivity index (χ0) is 10.6. The van der Waals surface area contributed by atoms with Crippen LogP contribution in [0.4, 0.5) is 5.69 Å². The Morgan fingerprint density at radius 2 is 2.00 bits per heavy atom. The summed E-state index contributed by atoms with van der Waals surface area (Å²) < 4.78 is 14.0. The molecule has 1 rings (SSSR count). The Morgan fingerprint density at radius 3 is 2.50 bits per heavy atom. The van der Waals surface area contributed by atoms with Gasteiger partial charge in [-0.3, -0.25) is 4.72 Å². The molecule has 0 amide bonds. The van der Waals surface area contributed by atoms with Crippen LogP contribution in [-0.2, 0) is 11.0 Å². The van der Waals surface area contributed by atoms with Crippen LogP contribution < -0.4 is 4.72 Å². The normalized spacial score (nSPS) is 12.5. The van der Waals surface area contributed by atoms with Crippen LogP contribution in [0.25, 0.3) is 0 Å². The third-order valence-corrected chi connectivity index (χ3v) is 3.14. The predicted molar refractivity (Wildman–Crippen MR) is 59.0 cm³/mol. The van der Waals surface area contributed by atoms with Gasteiger partial charge >= 0.3 is 0 Å². The molecular formula is C7H9Cl2N3OS. The van der Waals surface area contributed by atoms with Crippen molar-refractivity contribution >= 4 is 39.9 Å². The first-order chi connectivity index (χ1) is 6.65. The number of nitrogens with zero attached hydrogens (tertiary/aromatic N) is 2. The fourth-order valence-corrected chi connectivity index (χ4v) is 2.19. The van der Waals surface area contributed by atoms with Crippen molar-refractivity contribution in [1.82, 2.24) is 9.97 Å². The third-order valence-electron chi connectivity index (χ3n) is 1.36. The molecule has 0 radical (unpaired) electrons. The smallest absolute Gasteiger partial charge is 0.158 e. The number of hydrogen-bond acceptors (Lipinski definition) is 3. The topological polar surface area (TPSA) is 54.9 Å². The fourth-order valence-electron chi connectivity index (χ4n) is 0.779. The molecule has 78 valence electrons. The largest absolute Gasteiger partial charge is 0.300 e. The molecule has 0 saturated carbocycles. The molecule has 1 atom stereocenters. The van der Waals surface area contributed by atoms with Gasteiger partial charge in [-0.05, 0) is 6.42 Å². The van der Waals surface area contributed by atoms with E-state index < -0.39 is 11.0 Å². The number of nitrogens with one attached hydrogen (secondary N) is 1. The molecule has 1 N–H and O–H groups in total. The summed E-state index contributed by atoms with van der Waals surface area (Å²) in [4.78, 5) is 7.45. The fraction of sp³-hybridized carbons (Fsp3) is 0.429. The van der Waals surface area contributed by atoms with Crippen molar-refractivity contribution < 1.29 is 4.21 Å². The van der Waals surface area contributed by atoms with Gasteiger partial charge in [-0.25, -0.2) is 14.2 Å². The first kappa shape index (κ1) is 11.7. The standard InChI is InChI=1S/C7H9Cl2N3OS/c1-2-3-14(13)12-5-6(8)10-4-11-7(5)9/h4,12H,2-3H2,1H3. The van der Waals surface area contributed by atoms with E-state index in [4.69, 9.17) is 23.2 Å². The molecule has 0 bridgehead atoms. The highest BCUT2D eigenvalue weighted by Gasteiger charge is 2.09. The van der Waals surface area contributed by atoms with Gasteiger partial charge in [-0.1, -0.05) is 30.1 Å². The minimum Gasteiger partial charge on any atom is -0.300 e. The van der Waals surface area contributed by atoms with Crippen molar-refractivity contribution in [2.24, 2.45) is 0 Å². The maximum atomic E-state index is 11.3. The summed E-state index contributed by atoms with van der Waals surface area (Å²) in [5.74, 6) is 0.529. The van der Waals surface area contributed by atoms with E-state index in [9.17, 15) is 4.21 Å². The predicted octanol–water partition coefficient (Wildman–Crippen LogP) is 2.27. The zero-order valence-corrected chi connectivity index (χ0v) is 9.79. The van der Waals surface area contributed by atoms with Crippen LogP contribution >= 0.6 is 23.2 Å². The molecule has 14 heavy (non-hydrogen) atoms. The van der Waals surface area contributed by atoms with E-state index >= 15 is 0 Å². The number of anilines is 1. The van der Waals surface area contributed by atoms with E-state index in [-0.39, 0.29) is 10.3 Å². The summed E-state index contributed by atoms with van der Waals surface area (Å²) in [5.41, 5.74) is 0.322. The third kappa shape index (κ3) is 3.08. The van der Waals surface area contributed by atoms with Crippen LogP contribution in [-0.4, -0.2) is 19.9 Å². The molecule has 0 aliphatic heterocycles. The van der Waals surface area contributed by atoms with E-state index in [1.165, 1.54) is 6.33 Å². The monoisotopic (exact) mass is 253 g/mol. The molecule has 4 nitrogen and oxygen atoms in total. The molecule has 0 aliphatic carbocycles. The summed E-state index contributed by atoms with van der Waals surface area (Å²) in [5, 5.41) is 0.351. The summed E-state index contributed by atoms with van der Waals surface area (Å²) >= 11 is 11.5. The highest BCUT2D eigenvalue weighted by Crippen LogP contribution is 2.25. The molecule has 1 aromatic rings. The van der Waals surface area contributed by atoms with Gasteiger partial charge in [0, 0.05) is 5.75 Å². The van der Waals surface area contributed by atoms with Crippen LogP contribution in [0.5, 0.6) is 0 Å². The molecule has 1 heterocycles. The van der Waals surface area contributed by atoms with E-state index in [1.807, 2.05) is 6.92 Å². The van der Waals surface area contributed by atoms with Crippen molar-refractivity contribution in [2.75, 3.05) is 10.5 Å². The van der Waals surface area contributed by atoms with Gasteiger partial charge in [0.1, 0.15) is 23.0 Å². The minimum atomic E-state index is -1.19. The van der Waals surface area contributed by atoms with Gasteiger partial charge in [0.15, 0.2) is 10.3 Å². The highest BCUT2D eigenvalue weighted by atomic mass is 35.5. The molecule has 0 aliphatic rings. The summed E-state index contributed by atoms with van der Waals surface area (Å²) in [6.07, 6.45) is 2.06. The average Bonchev–Trinajstić information content (AvgIpc) is 2.12. The average molecular weight is 254 g/mol. The Labute approximate surface area is 94.6 Å². The lowest BCUT2D eigenvalue weighted by Crippen LogP contribution is -2.09. The van der Waals surface area contributed by atoms with Crippen LogP contribution in [0, 0.1) is 0 Å². The van der Waals surface area contributed by atoms with E-state index in [0.717, 1.165) is 6.42 Å². The van der Waals surface area contributed by atoms with E-state index in [2.05, 4.69) is 14.7 Å². The first-order valence-electron chi connectivity index (χ1n) is 3.96. The highest BCUT2D eigenvalue weighted by molar-refractivity contribution is 7.86. The Hall–Kier alpha value is -0.390. The molecule has 1 aromatic heterocycles. The Morgan fingerprint density at radius 1 is 1.43 bits per heavy atom. The molecule has 1 unspecified atom stereocenters.